The highest BCUT2D eigenvalue weighted by Crippen LogP contribution is 2.25. The minimum atomic E-state index is -3.63. The number of amides is 2. The van der Waals surface area contributed by atoms with Crippen LogP contribution in [0.25, 0.3) is 0 Å². The maximum absolute atomic E-state index is 13.9. The van der Waals surface area contributed by atoms with E-state index in [1.165, 1.54) is 11.4 Å². The largest absolute Gasteiger partial charge is 0.497 e. The summed E-state index contributed by atoms with van der Waals surface area (Å²) in [7, 11) is -2.12. The molecule has 41 heavy (non-hydrogen) atoms. The lowest BCUT2D eigenvalue weighted by Gasteiger charge is -2.32. The Morgan fingerprint density at radius 1 is 0.976 bits per heavy atom. The van der Waals surface area contributed by atoms with Crippen molar-refractivity contribution in [1.82, 2.24) is 10.2 Å². The normalized spacial score (nSPS) is 12.0. The lowest BCUT2D eigenvalue weighted by molar-refractivity contribution is -0.141. The number of anilines is 1. The van der Waals surface area contributed by atoms with Gasteiger partial charge < -0.3 is 15.0 Å². The number of carbonyl (C=O) groups excluding carboxylic acids is 2. The van der Waals surface area contributed by atoms with Crippen LogP contribution in [0.3, 0.4) is 0 Å². The molecule has 220 valence electrons. The molecule has 10 heteroatoms. The minimum absolute atomic E-state index is 0.0285. The molecular formula is C31H38ClN3O5S. The van der Waals surface area contributed by atoms with Gasteiger partial charge in [-0.3, -0.25) is 13.9 Å². The number of halogens is 1. The number of nitrogens with zero attached hydrogens (tertiary/aromatic N) is 2. The van der Waals surface area contributed by atoms with Crippen molar-refractivity contribution >= 4 is 39.1 Å². The molecule has 0 fully saturated rings. The van der Waals surface area contributed by atoms with E-state index >= 15 is 0 Å². The molecule has 0 spiro atoms. The minimum Gasteiger partial charge on any atom is -0.497 e. The average molecular weight is 600 g/mol. The van der Waals surface area contributed by atoms with Crippen LogP contribution in [0.1, 0.15) is 37.8 Å². The Bertz CT molecular complexity index is 1420. The number of methoxy groups -OCH3 is 1. The molecule has 0 heterocycles. The Balaban J connectivity index is 1.89. The topological polar surface area (TPSA) is 96.0 Å². The molecule has 0 unspecified atom stereocenters. The molecule has 0 radical (unpaired) electrons. The zero-order valence-electron chi connectivity index (χ0n) is 23.9. The number of rotatable bonds is 14. The second-order valence-electron chi connectivity index (χ2n) is 10.1. The van der Waals surface area contributed by atoms with Gasteiger partial charge in [0, 0.05) is 43.1 Å². The molecule has 0 aromatic heterocycles. The second-order valence-corrected chi connectivity index (χ2v) is 12.4. The van der Waals surface area contributed by atoms with Gasteiger partial charge in [-0.2, -0.15) is 0 Å². The number of nitrogens with one attached hydrogen (secondary N) is 1. The van der Waals surface area contributed by atoms with Gasteiger partial charge in [0.2, 0.25) is 21.8 Å². The number of hydrogen-bond donors (Lipinski definition) is 1. The van der Waals surface area contributed by atoms with Crippen molar-refractivity contribution in [2.45, 2.75) is 51.7 Å². The Labute approximate surface area is 248 Å². The molecule has 3 aromatic carbocycles. The summed E-state index contributed by atoms with van der Waals surface area (Å²) in [5.41, 5.74) is 2.08. The van der Waals surface area contributed by atoms with Gasteiger partial charge in [-0.05, 0) is 49.6 Å². The van der Waals surface area contributed by atoms with Gasteiger partial charge in [0.15, 0.2) is 0 Å². The molecule has 0 aliphatic carbocycles. The average Bonchev–Trinajstić information content (AvgIpc) is 2.93. The van der Waals surface area contributed by atoms with Gasteiger partial charge in [-0.25, -0.2) is 8.42 Å². The van der Waals surface area contributed by atoms with E-state index in [9.17, 15) is 18.0 Å². The molecular weight excluding hydrogens is 562 g/mol. The number of sulfonamides is 1. The van der Waals surface area contributed by atoms with Gasteiger partial charge in [-0.15, -0.1) is 0 Å². The van der Waals surface area contributed by atoms with E-state index in [4.69, 9.17) is 16.3 Å². The Kier molecular flexibility index (Phi) is 11.6. The predicted molar refractivity (Wildman–Crippen MR) is 164 cm³/mol. The highest BCUT2D eigenvalue weighted by atomic mass is 35.5. The van der Waals surface area contributed by atoms with Crippen LogP contribution in [0, 0.1) is 0 Å². The van der Waals surface area contributed by atoms with E-state index < -0.39 is 16.1 Å². The van der Waals surface area contributed by atoms with Crippen LogP contribution < -0.4 is 14.4 Å². The van der Waals surface area contributed by atoms with Gasteiger partial charge in [-0.1, -0.05) is 66.2 Å². The van der Waals surface area contributed by atoms with Crippen LogP contribution in [0.5, 0.6) is 5.75 Å². The summed E-state index contributed by atoms with van der Waals surface area (Å²) in [6, 6.07) is 22.6. The zero-order valence-corrected chi connectivity index (χ0v) is 25.5. The third-order valence-electron chi connectivity index (χ3n) is 6.49. The molecule has 3 rings (SSSR count). The van der Waals surface area contributed by atoms with Crippen molar-refractivity contribution in [2.75, 3.05) is 24.2 Å². The summed E-state index contributed by atoms with van der Waals surface area (Å²) in [6.45, 7) is 3.96. The number of hydrogen-bond acceptors (Lipinski definition) is 5. The van der Waals surface area contributed by atoms with Gasteiger partial charge in [0.05, 0.1) is 19.1 Å². The van der Waals surface area contributed by atoms with Crippen molar-refractivity contribution in [1.29, 1.82) is 0 Å². The molecule has 0 aliphatic heterocycles. The first-order valence-electron chi connectivity index (χ1n) is 13.5. The molecule has 0 bridgehead atoms. The number of benzene rings is 3. The molecule has 1 atom stereocenters. The molecule has 1 N–H and O–H groups in total. The molecule has 0 saturated heterocycles. The van der Waals surface area contributed by atoms with Crippen molar-refractivity contribution in [3.63, 3.8) is 0 Å². The molecule has 8 nitrogen and oxygen atoms in total. The maximum Gasteiger partial charge on any atom is 0.243 e. The SMILES string of the molecule is COc1cccc(N(CCCC(=O)N(Cc2ccccc2Cl)[C@H](Cc2ccccc2)C(=O)NC(C)C)S(C)(=O)=O)c1. The quantitative estimate of drug-likeness (QED) is 0.279. The summed E-state index contributed by atoms with van der Waals surface area (Å²) in [5, 5.41) is 3.45. The van der Waals surface area contributed by atoms with Gasteiger partial charge >= 0.3 is 0 Å². The first-order chi connectivity index (χ1) is 19.5. The highest BCUT2D eigenvalue weighted by molar-refractivity contribution is 7.92. The summed E-state index contributed by atoms with van der Waals surface area (Å²) in [5.74, 6) is -0.0136. The fourth-order valence-electron chi connectivity index (χ4n) is 4.51. The Morgan fingerprint density at radius 3 is 2.29 bits per heavy atom. The van der Waals surface area contributed by atoms with Crippen LogP contribution >= 0.6 is 11.6 Å². The fourth-order valence-corrected chi connectivity index (χ4v) is 5.67. The van der Waals surface area contributed by atoms with Crippen LogP contribution in [0.2, 0.25) is 5.02 Å². The maximum atomic E-state index is 13.9. The van der Waals surface area contributed by atoms with E-state index in [1.54, 1.807) is 35.2 Å². The van der Waals surface area contributed by atoms with E-state index in [-0.39, 0.29) is 43.8 Å². The lowest BCUT2D eigenvalue weighted by Crippen LogP contribution is -2.51. The Hall–Kier alpha value is -3.56. The predicted octanol–water partition coefficient (Wildman–Crippen LogP) is 5.06. The van der Waals surface area contributed by atoms with E-state index in [0.717, 1.165) is 11.8 Å². The fraction of sp³-hybridized carbons (Fsp3) is 0.355. The van der Waals surface area contributed by atoms with Crippen LogP contribution in [-0.4, -0.2) is 57.1 Å². The van der Waals surface area contributed by atoms with Crippen LogP contribution in [0.15, 0.2) is 78.9 Å². The summed E-state index contributed by atoms with van der Waals surface area (Å²) in [6.07, 6.45) is 1.71. The van der Waals surface area contributed by atoms with Crippen molar-refractivity contribution in [3.8, 4) is 5.75 Å². The number of carbonyl (C=O) groups is 2. The standard InChI is InChI=1S/C31H38ClN3O5S/c1-23(2)33-31(37)29(20-24-12-6-5-7-13-24)34(22-25-14-8-9-17-28(25)32)30(36)18-11-19-35(41(4,38)39)26-15-10-16-27(21-26)40-3/h5-10,12-17,21,23,29H,11,18-20,22H2,1-4H3,(H,33,37)/t29-/m1/s1. The smallest absolute Gasteiger partial charge is 0.243 e. The van der Waals surface area contributed by atoms with Crippen molar-refractivity contribution in [2.24, 2.45) is 0 Å². The summed E-state index contributed by atoms with van der Waals surface area (Å²) < 4.78 is 31.8. The first-order valence-corrected chi connectivity index (χ1v) is 15.7. The van der Waals surface area contributed by atoms with E-state index in [0.29, 0.717) is 28.4 Å². The summed E-state index contributed by atoms with van der Waals surface area (Å²) in [4.78, 5) is 28.9. The third kappa shape index (κ3) is 9.50. The monoisotopic (exact) mass is 599 g/mol. The summed E-state index contributed by atoms with van der Waals surface area (Å²) >= 11 is 6.47. The van der Waals surface area contributed by atoms with Gasteiger partial charge in [0.1, 0.15) is 11.8 Å². The van der Waals surface area contributed by atoms with E-state index in [1.807, 2.05) is 62.4 Å². The van der Waals surface area contributed by atoms with E-state index in [2.05, 4.69) is 5.32 Å². The van der Waals surface area contributed by atoms with Crippen LogP contribution in [-0.2, 0) is 32.6 Å². The van der Waals surface area contributed by atoms with Gasteiger partial charge in [0.25, 0.3) is 0 Å². The Morgan fingerprint density at radius 2 is 1.66 bits per heavy atom. The van der Waals surface area contributed by atoms with Crippen molar-refractivity contribution in [3.05, 3.63) is 95.0 Å². The lowest BCUT2D eigenvalue weighted by atomic mass is 10.0. The molecule has 0 aliphatic rings. The van der Waals surface area contributed by atoms with Crippen LogP contribution in [0.4, 0.5) is 5.69 Å². The number of ether oxygens (including phenoxy) is 1. The molecule has 3 aromatic rings. The molecule has 0 saturated carbocycles. The van der Waals surface area contributed by atoms with Crippen molar-refractivity contribution < 1.29 is 22.7 Å². The molecule has 2 amide bonds. The highest BCUT2D eigenvalue weighted by Gasteiger charge is 2.31. The second kappa shape index (κ2) is 14.9. The first kappa shape index (κ1) is 32.0. The zero-order chi connectivity index (χ0) is 30.0. The third-order valence-corrected chi connectivity index (χ3v) is 8.06.